The number of para-hydroxylation sites is 1. The molecular formula is C12H13FNS+. The summed E-state index contributed by atoms with van der Waals surface area (Å²) in [5.41, 5.74) is 4.68. The van der Waals surface area contributed by atoms with Crippen LogP contribution in [0.2, 0.25) is 0 Å². The minimum atomic E-state index is -0.166. The van der Waals surface area contributed by atoms with Crippen molar-refractivity contribution in [3.05, 3.63) is 45.7 Å². The van der Waals surface area contributed by atoms with Crippen molar-refractivity contribution in [1.29, 1.82) is 0 Å². The molecule has 1 nitrogen and oxygen atoms in total. The number of aryl methyl sites for hydroxylation is 2. The predicted octanol–water partition coefficient (Wildman–Crippen LogP) is 3.09. The molecular weight excluding hydrogens is 209 g/mol. The summed E-state index contributed by atoms with van der Waals surface area (Å²) in [6.07, 6.45) is 0. The average molecular weight is 222 g/mol. The van der Waals surface area contributed by atoms with Crippen molar-refractivity contribution in [1.82, 2.24) is 0 Å². The molecule has 0 unspecified atom stereocenters. The molecule has 2 aromatic rings. The summed E-state index contributed by atoms with van der Waals surface area (Å²) in [7, 11) is 0. The highest BCUT2D eigenvalue weighted by Gasteiger charge is 2.21. The maximum Gasteiger partial charge on any atom is 0.250 e. The third kappa shape index (κ3) is 1.67. The Bertz CT molecular complexity index is 482. The summed E-state index contributed by atoms with van der Waals surface area (Å²) in [5.74, 6) is -0.166. The second-order valence-corrected chi connectivity index (χ2v) is 4.70. The Kier molecular flexibility index (Phi) is 2.57. The van der Waals surface area contributed by atoms with E-state index in [2.05, 4.69) is 0 Å². The third-order valence-electron chi connectivity index (χ3n) is 2.64. The lowest BCUT2D eigenvalue weighted by Gasteiger charge is -2.00. The lowest BCUT2D eigenvalue weighted by molar-refractivity contribution is -0.599. The van der Waals surface area contributed by atoms with Crippen LogP contribution in [0.3, 0.4) is 0 Å². The van der Waals surface area contributed by atoms with Gasteiger partial charge in [0.15, 0.2) is 11.5 Å². The minimum absolute atomic E-state index is 0.166. The van der Waals surface area contributed by atoms with Crippen LogP contribution in [0.15, 0.2) is 23.7 Å². The van der Waals surface area contributed by atoms with E-state index in [1.54, 1.807) is 17.4 Å². The lowest BCUT2D eigenvalue weighted by atomic mass is 10.2. The van der Waals surface area contributed by atoms with Crippen molar-refractivity contribution in [2.75, 3.05) is 0 Å². The summed E-state index contributed by atoms with van der Waals surface area (Å²) >= 11 is 1.64. The zero-order valence-electron chi connectivity index (χ0n) is 9.04. The van der Waals surface area contributed by atoms with Gasteiger partial charge in [0.2, 0.25) is 11.2 Å². The smallest absolute Gasteiger partial charge is 0.200 e. The predicted molar refractivity (Wildman–Crippen MR) is 60.0 cm³/mol. The van der Waals surface area contributed by atoms with Crippen LogP contribution in [0, 0.1) is 26.6 Å². The standard InChI is InChI=1S/C12H13FNS/c1-8-5-4-6-11(13)12(8)14-7-15-10(3)9(14)2/h4-7H,1-3H3/q+1. The lowest BCUT2D eigenvalue weighted by Crippen LogP contribution is -2.33. The van der Waals surface area contributed by atoms with Gasteiger partial charge in [-0.2, -0.15) is 8.96 Å². The van der Waals surface area contributed by atoms with Crippen LogP contribution in [-0.2, 0) is 0 Å². The summed E-state index contributed by atoms with van der Waals surface area (Å²) in [6.45, 7) is 5.99. The monoisotopic (exact) mass is 222 g/mol. The molecule has 0 amide bonds. The summed E-state index contributed by atoms with van der Waals surface area (Å²) in [5, 5.41) is 0. The van der Waals surface area contributed by atoms with Gasteiger partial charge in [0, 0.05) is 12.5 Å². The Morgan fingerprint density at radius 1 is 1.20 bits per heavy atom. The summed E-state index contributed by atoms with van der Waals surface area (Å²) in [6, 6.07) is 5.17. The number of aromatic nitrogens is 1. The van der Waals surface area contributed by atoms with Gasteiger partial charge >= 0.3 is 0 Å². The molecule has 0 spiro atoms. The zero-order valence-corrected chi connectivity index (χ0v) is 9.86. The van der Waals surface area contributed by atoms with Crippen molar-refractivity contribution in [2.45, 2.75) is 20.8 Å². The van der Waals surface area contributed by atoms with Gasteiger partial charge in [-0.1, -0.05) is 23.5 Å². The van der Waals surface area contributed by atoms with Crippen LogP contribution in [0.4, 0.5) is 4.39 Å². The van der Waals surface area contributed by atoms with E-state index in [1.807, 2.05) is 36.9 Å². The fraction of sp³-hybridized carbons (Fsp3) is 0.250. The van der Waals surface area contributed by atoms with Crippen LogP contribution >= 0.6 is 11.3 Å². The van der Waals surface area contributed by atoms with E-state index in [-0.39, 0.29) is 5.82 Å². The number of benzene rings is 1. The highest BCUT2D eigenvalue weighted by Crippen LogP contribution is 2.17. The van der Waals surface area contributed by atoms with Gasteiger partial charge in [0.05, 0.1) is 4.88 Å². The third-order valence-corrected chi connectivity index (χ3v) is 3.60. The van der Waals surface area contributed by atoms with E-state index in [1.165, 1.54) is 10.9 Å². The molecule has 0 aliphatic rings. The molecule has 3 heteroatoms. The molecule has 78 valence electrons. The molecule has 15 heavy (non-hydrogen) atoms. The van der Waals surface area contributed by atoms with Crippen LogP contribution in [0.1, 0.15) is 16.1 Å². The SMILES string of the molecule is Cc1cccc(F)c1-[n+]1csc(C)c1C. The van der Waals surface area contributed by atoms with Gasteiger partial charge in [-0.15, -0.1) is 0 Å². The Labute approximate surface area is 92.8 Å². The van der Waals surface area contributed by atoms with Crippen molar-refractivity contribution in [3.8, 4) is 5.69 Å². The quantitative estimate of drug-likeness (QED) is 0.653. The van der Waals surface area contributed by atoms with Gasteiger partial charge in [-0.3, -0.25) is 0 Å². The molecule has 0 aliphatic carbocycles. The number of thiazole rings is 1. The normalized spacial score (nSPS) is 10.7. The van der Waals surface area contributed by atoms with E-state index in [9.17, 15) is 4.39 Å². The Hall–Kier alpha value is -1.22. The second kappa shape index (κ2) is 3.74. The zero-order chi connectivity index (χ0) is 11.0. The molecule has 0 bridgehead atoms. The van der Waals surface area contributed by atoms with Crippen molar-refractivity contribution in [2.24, 2.45) is 0 Å². The molecule has 1 aromatic carbocycles. The number of rotatable bonds is 1. The number of halogens is 1. The van der Waals surface area contributed by atoms with Crippen molar-refractivity contribution < 1.29 is 8.96 Å². The largest absolute Gasteiger partial charge is 0.250 e. The first-order chi connectivity index (χ1) is 7.11. The molecule has 0 saturated carbocycles. The molecule has 2 rings (SSSR count). The molecule has 1 aromatic heterocycles. The second-order valence-electron chi connectivity index (χ2n) is 3.64. The van der Waals surface area contributed by atoms with E-state index in [4.69, 9.17) is 0 Å². The molecule has 0 atom stereocenters. The molecule has 0 N–H and O–H groups in total. The first kappa shape index (κ1) is 10.3. The molecule has 0 radical (unpaired) electrons. The van der Waals surface area contributed by atoms with Gasteiger partial charge in [-0.05, 0) is 19.9 Å². The minimum Gasteiger partial charge on any atom is -0.200 e. The van der Waals surface area contributed by atoms with Gasteiger partial charge in [-0.25, -0.2) is 0 Å². The van der Waals surface area contributed by atoms with E-state index >= 15 is 0 Å². The van der Waals surface area contributed by atoms with Crippen LogP contribution < -0.4 is 4.57 Å². The molecule has 0 saturated heterocycles. The fourth-order valence-electron chi connectivity index (χ4n) is 1.61. The van der Waals surface area contributed by atoms with E-state index in [0.717, 1.165) is 11.3 Å². The highest BCUT2D eigenvalue weighted by atomic mass is 32.1. The molecule has 0 aliphatic heterocycles. The van der Waals surface area contributed by atoms with Gasteiger partial charge in [0.25, 0.3) is 0 Å². The summed E-state index contributed by atoms with van der Waals surface area (Å²) in [4.78, 5) is 1.22. The van der Waals surface area contributed by atoms with Gasteiger partial charge in [0.1, 0.15) is 0 Å². The number of hydrogen-bond donors (Lipinski definition) is 0. The number of nitrogens with zero attached hydrogens (tertiary/aromatic N) is 1. The van der Waals surface area contributed by atoms with Crippen molar-refractivity contribution in [3.63, 3.8) is 0 Å². The maximum atomic E-state index is 13.7. The topological polar surface area (TPSA) is 3.88 Å². The molecule has 1 heterocycles. The van der Waals surface area contributed by atoms with Crippen LogP contribution in [-0.4, -0.2) is 0 Å². The first-order valence-corrected chi connectivity index (χ1v) is 5.71. The van der Waals surface area contributed by atoms with Gasteiger partial charge < -0.3 is 0 Å². The van der Waals surface area contributed by atoms with Crippen molar-refractivity contribution >= 4 is 11.3 Å². The van der Waals surface area contributed by atoms with E-state index < -0.39 is 0 Å². The highest BCUT2D eigenvalue weighted by molar-refractivity contribution is 7.09. The molecule has 0 fully saturated rings. The van der Waals surface area contributed by atoms with Crippen LogP contribution in [0.5, 0.6) is 0 Å². The Morgan fingerprint density at radius 3 is 2.47 bits per heavy atom. The van der Waals surface area contributed by atoms with Crippen LogP contribution in [0.25, 0.3) is 5.69 Å². The van der Waals surface area contributed by atoms with E-state index in [0.29, 0.717) is 5.69 Å². The Balaban J connectivity index is 2.69. The average Bonchev–Trinajstić information content (AvgIpc) is 2.49. The number of hydrogen-bond acceptors (Lipinski definition) is 1. The summed E-state index contributed by atoms with van der Waals surface area (Å²) < 4.78 is 15.6. The fourth-order valence-corrected chi connectivity index (χ4v) is 2.41. The maximum absolute atomic E-state index is 13.7. The Morgan fingerprint density at radius 2 is 1.93 bits per heavy atom. The first-order valence-electron chi connectivity index (χ1n) is 4.83.